The van der Waals surface area contributed by atoms with Crippen LogP contribution in [0.3, 0.4) is 0 Å². The number of piperazine rings is 1. The van der Waals surface area contributed by atoms with Gasteiger partial charge in [-0.15, -0.1) is 0 Å². The number of nitrogens with zero attached hydrogens (tertiary/aromatic N) is 5. The van der Waals surface area contributed by atoms with Crippen LogP contribution in [0.2, 0.25) is 0 Å². The molecule has 0 saturated carbocycles. The topological polar surface area (TPSA) is 56.1 Å². The van der Waals surface area contributed by atoms with Crippen molar-refractivity contribution >= 4 is 16.7 Å². The number of rotatable bonds is 3. The second-order valence-corrected chi connectivity index (χ2v) is 6.24. The normalized spacial score (nSPS) is 15.2. The summed E-state index contributed by atoms with van der Waals surface area (Å²) in [7, 11) is 0. The van der Waals surface area contributed by atoms with Crippen LogP contribution in [0, 0.1) is 11.3 Å². The Balaban J connectivity index is 1.46. The first kappa shape index (κ1) is 15.6. The monoisotopic (exact) mass is 329 g/mol. The fourth-order valence-electron chi connectivity index (χ4n) is 3.39. The van der Waals surface area contributed by atoms with Crippen LogP contribution in [-0.4, -0.2) is 41.0 Å². The molecule has 1 aromatic carbocycles. The summed E-state index contributed by atoms with van der Waals surface area (Å²) in [6.45, 7) is 4.55. The van der Waals surface area contributed by atoms with Crippen molar-refractivity contribution in [3.63, 3.8) is 0 Å². The number of benzene rings is 1. The minimum atomic E-state index is 0.647. The van der Waals surface area contributed by atoms with Crippen LogP contribution in [0.1, 0.15) is 11.1 Å². The second kappa shape index (κ2) is 6.88. The van der Waals surface area contributed by atoms with Crippen molar-refractivity contribution in [1.82, 2.24) is 14.9 Å². The van der Waals surface area contributed by atoms with Gasteiger partial charge in [-0.25, -0.2) is 4.98 Å². The van der Waals surface area contributed by atoms with Crippen molar-refractivity contribution in [3.8, 4) is 6.07 Å². The third-order valence-corrected chi connectivity index (χ3v) is 4.69. The number of hydrogen-bond donors (Lipinski definition) is 0. The van der Waals surface area contributed by atoms with Crippen molar-refractivity contribution in [2.75, 3.05) is 31.1 Å². The summed E-state index contributed by atoms with van der Waals surface area (Å²) < 4.78 is 0. The molecular weight excluding hydrogens is 310 g/mol. The molecule has 4 rings (SSSR count). The minimum absolute atomic E-state index is 0.647. The molecule has 0 spiro atoms. The number of fused-ring (bicyclic) bond motifs is 1. The molecule has 0 unspecified atom stereocenters. The fraction of sp³-hybridized carbons (Fsp3) is 0.250. The highest BCUT2D eigenvalue weighted by molar-refractivity contribution is 5.81. The van der Waals surface area contributed by atoms with E-state index in [1.54, 1.807) is 6.20 Å². The smallest absolute Gasteiger partial charge is 0.146 e. The van der Waals surface area contributed by atoms with Gasteiger partial charge in [-0.3, -0.25) is 9.88 Å². The summed E-state index contributed by atoms with van der Waals surface area (Å²) in [5, 5.41) is 10.4. The molecule has 0 radical (unpaired) electrons. The third-order valence-electron chi connectivity index (χ3n) is 4.69. The minimum Gasteiger partial charge on any atom is -0.353 e. The Morgan fingerprint density at radius 2 is 1.68 bits per heavy atom. The van der Waals surface area contributed by atoms with E-state index in [-0.39, 0.29) is 0 Å². The highest BCUT2D eigenvalue weighted by Gasteiger charge is 2.20. The zero-order chi connectivity index (χ0) is 17.1. The largest absolute Gasteiger partial charge is 0.353 e. The molecule has 1 fully saturated rings. The molecule has 0 N–H and O–H groups in total. The predicted octanol–water partition coefficient (Wildman–Crippen LogP) is 2.82. The zero-order valence-corrected chi connectivity index (χ0v) is 14.0. The van der Waals surface area contributed by atoms with Crippen LogP contribution in [0.5, 0.6) is 0 Å². The summed E-state index contributed by atoms with van der Waals surface area (Å²) in [6, 6.07) is 16.3. The summed E-state index contributed by atoms with van der Waals surface area (Å²) in [5.74, 6) is 0.802. The van der Waals surface area contributed by atoms with Crippen LogP contribution < -0.4 is 4.90 Å². The molecule has 3 heterocycles. The van der Waals surface area contributed by atoms with Crippen molar-refractivity contribution in [2.24, 2.45) is 0 Å². The first-order chi connectivity index (χ1) is 12.3. The summed E-state index contributed by atoms with van der Waals surface area (Å²) in [6.07, 6.45) is 3.61. The second-order valence-electron chi connectivity index (χ2n) is 6.24. The molecule has 1 aliphatic rings. The summed E-state index contributed by atoms with van der Waals surface area (Å²) in [4.78, 5) is 13.6. The van der Waals surface area contributed by atoms with E-state index in [4.69, 9.17) is 0 Å². The van der Waals surface area contributed by atoms with E-state index in [1.807, 2.05) is 24.4 Å². The number of para-hydroxylation sites is 1. The number of aromatic nitrogens is 2. The molecule has 25 heavy (non-hydrogen) atoms. The maximum Gasteiger partial charge on any atom is 0.146 e. The SMILES string of the molecule is N#Cc1cccnc1N1CCN(Cc2cccc3cccnc23)CC1. The van der Waals surface area contributed by atoms with Gasteiger partial charge in [0.25, 0.3) is 0 Å². The quantitative estimate of drug-likeness (QED) is 0.739. The number of nitriles is 1. The molecule has 1 saturated heterocycles. The van der Waals surface area contributed by atoms with Gasteiger partial charge in [-0.1, -0.05) is 24.3 Å². The predicted molar refractivity (Wildman–Crippen MR) is 98.2 cm³/mol. The van der Waals surface area contributed by atoms with E-state index in [2.05, 4.69) is 50.1 Å². The first-order valence-electron chi connectivity index (χ1n) is 8.50. The zero-order valence-electron chi connectivity index (χ0n) is 14.0. The molecule has 2 aromatic heterocycles. The lowest BCUT2D eigenvalue weighted by molar-refractivity contribution is 0.250. The van der Waals surface area contributed by atoms with Crippen molar-refractivity contribution in [1.29, 1.82) is 5.26 Å². The van der Waals surface area contributed by atoms with Gasteiger partial charge in [0.05, 0.1) is 11.1 Å². The maximum atomic E-state index is 9.26. The molecular formula is C20H19N5. The highest BCUT2D eigenvalue weighted by Crippen LogP contribution is 2.21. The van der Waals surface area contributed by atoms with Crippen molar-refractivity contribution in [3.05, 3.63) is 66.0 Å². The Morgan fingerprint density at radius 1 is 0.920 bits per heavy atom. The van der Waals surface area contributed by atoms with Gasteiger partial charge in [-0.05, 0) is 23.8 Å². The fourth-order valence-corrected chi connectivity index (χ4v) is 3.39. The van der Waals surface area contributed by atoms with E-state index >= 15 is 0 Å². The van der Waals surface area contributed by atoms with E-state index in [0.29, 0.717) is 5.56 Å². The lowest BCUT2D eigenvalue weighted by Crippen LogP contribution is -2.46. The van der Waals surface area contributed by atoms with Gasteiger partial charge in [0.1, 0.15) is 11.9 Å². The molecule has 0 amide bonds. The molecule has 5 nitrogen and oxygen atoms in total. The molecule has 3 aromatic rings. The third kappa shape index (κ3) is 3.17. The Morgan fingerprint density at radius 3 is 2.52 bits per heavy atom. The maximum absolute atomic E-state index is 9.26. The van der Waals surface area contributed by atoms with Gasteiger partial charge in [0.2, 0.25) is 0 Å². The van der Waals surface area contributed by atoms with Gasteiger partial charge in [-0.2, -0.15) is 5.26 Å². The van der Waals surface area contributed by atoms with Gasteiger partial charge in [0, 0.05) is 50.5 Å². The van der Waals surface area contributed by atoms with Crippen LogP contribution in [0.15, 0.2) is 54.9 Å². The van der Waals surface area contributed by atoms with Gasteiger partial charge >= 0.3 is 0 Å². The van der Waals surface area contributed by atoms with E-state index < -0.39 is 0 Å². The molecule has 0 bridgehead atoms. The molecule has 124 valence electrons. The lowest BCUT2D eigenvalue weighted by Gasteiger charge is -2.35. The van der Waals surface area contributed by atoms with Gasteiger partial charge < -0.3 is 4.90 Å². The summed E-state index contributed by atoms with van der Waals surface area (Å²) >= 11 is 0. The average molecular weight is 329 g/mol. The molecule has 5 heteroatoms. The van der Waals surface area contributed by atoms with Crippen LogP contribution in [0.25, 0.3) is 10.9 Å². The average Bonchev–Trinajstić information content (AvgIpc) is 2.69. The number of anilines is 1. The van der Waals surface area contributed by atoms with E-state index in [9.17, 15) is 5.26 Å². The van der Waals surface area contributed by atoms with Crippen molar-refractivity contribution in [2.45, 2.75) is 6.54 Å². The Labute approximate surface area is 147 Å². The van der Waals surface area contributed by atoms with Crippen LogP contribution in [0.4, 0.5) is 5.82 Å². The van der Waals surface area contributed by atoms with Crippen LogP contribution >= 0.6 is 0 Å². The number of hydrogen-bond acceptors (Lipinski definition) is 5. The van der Waals surface area contributed by atoms with Crippen LogP contribution in [-0.2, 0) is 6.54 Å². The highest BCUT2D eigenvalue weighted by atomic mass is 15.3. The Kier molecular flexibility index (Phi) is 4.28. The van der Waals surface area contributed by atoms with Gasteiger partial charge in [0.15, 0.2) is 0 Å². The summed E-state index contributed by atoms with van der Waals surface area (Å²) in [5.41, 5.74) is 3.00. The molecule has 1 aliphatic heterocycles. The lowest BCUT2D eigenvalue weighted by atomic mass is 10.1. The molecule has 0 atom stereocenters. The Hall–Kier alpha value is -2.97. The van der Waals surface area contributed by atoms with E-state index in [1.165, 1.54) is 10.9 Å². The first-order valence-corrected chi connectivity index (χ1v) is 8.50. The molecule has 0 aliphatic carbocycles. The Bertz CT molecular complexity index is 917. The van der Waals surface area contributed by atoms with Crippen molar-refractivity contribution < 1.29 is 0 Å². The van der Waals surface area contributed by atoms with E-state index in [0.717, 1.165) is 44.1 Å². The standard InChI is InChI=1S/C20H19N5/c21-14-17-7-3-9-23-20(17)25-12-10-24(11-13-25)15-18-5-1-4-16-6-2-8-22-19(16)18/h1-9H,10-13,15H2. The number of pyridine rings is 2.